The molecule has 148 valence electrons. The molecule has 0 radical (unpaired) electrons. The predicted molar refractivity (Wildman–Crippen MR) is 115 cm³/mol. The average molecular weight is 377 g/mol. The number of benzene rings is 2. The largest absolute Gasteiger partial charge is 0.381 e. The van der Waals surface area contributed by atoms with E-state index < -0.39 is 0 Å². The van der Waals surface area contributed by atoms with Crippen molar-refractivity contribution >= 4 is 11.6 Å². The van der Waals surface area contributed by atoms with Crippen LogP contribution in [0.5, 0.6) is 0 Å². The van der Waals surface area contributed by atoms with Crippen LogP contribution in [0.4, 0.5) is 5.69 Å². The molecule has 28 heavy (non-hydrogen) atoms. The minimum Gasteiger partial charge on any atom is -0.381 e. The topological polar surface area (TPSA) is 41.1 Å². The van der Waals surface area contributed by atoms with Crippen LogP contribution in [0, 0.1) is 17.8 Å². The van der Waals surface area contributed by atoms with E-state index in [1.165, 1.54) is 36.9 Å². The van der Waals surface area contributed by atoms with Gasteiger partial charge in [0.25, 0.3) is 5.91 Å². The maximum Gasteiger partial charge on any atom is 0.251 e. The van der Waals surface area contributed by atoms with Crippen molar-refractivity contribution in [3.63, 3.8) is 0 Å². The third kappa shape index (κ3) is 4.09. The zero-order valence-corrected chi connectivity index (χ0v) is 17.1. The Morgan fingerprint density at radius 3 is 2.71 bits per heavy atom. The van der Waals surface area contributed by atoms with E-state index in [1.54, 1.807) is 0 Å². The molecular formula is C25H32N2O. The molecule has 2 aromatic carbocycles. The highest BCUT2D eigenvalue weighted by molar-refractivity contribution is 5.94. The molecule has 0 spiro atoms. The zero-order valence-electron chi connectivity index (χ0n) is 17.1. The zero-order chi connectivity index (χ0) is 19.5. The smallest absolute Gasteiger partial charge is 0.251 e. The molecule has 4 atom stereocenters. The van der Waals surface area contributed by atoms with Crippen LogP contribution in [0.1, 0.15) is 61.0 Å². The summed E-state index contributed by atoms with van der Waals surface area (Å²) < 4.78 is 0. The lowest BCUT2D eigenvalue weighted by atomic mass is 9.84. The Bertz CT molecular complexity index is 831. The van der Waals surface area contributed by atoms with Crippen molar-refractivity contribution in [2.24, 2.45) is 17.8 Å². The number of carbonyl (C=O) groups excluding carboxylic acids is 1. The van der Waals surface area contributed by atoms with Crippen molar-refractivity contribution in [2.75, 3.05) is 5.32 Å². The number of nitrogens with one attached hydrogen (secondary N) is 2. The van der Waals surface area contributed by atoms with Gasteiger partial charge in [0.15, 0.2) is 0 Å². The fraction of sp³-hybridized carbons (Fsp3) is 0.480. The quantitative estimate of drug-likeness (QED) is 0.678. The Hall–Kier alpha value is -2.29. The lowest BCUT2D eigenvalue weighted by molar-refractivity contribution is 0.0915. The van der Waals surface area contributed by atoms with Crippen molar-refractivity contribution in [2.45, 2.75) is 58.5 Å². The first-order valence-electron chi connectivity index (χ1n) is 10.9. The van der Waals surface area contributed by atoms with E-state index in [0.717, 1.165) is 35.9 Å². The Labute approximate surface area is 168 Å². The van der Waals surface area contributed by atoms with Gasteiger partial charge in [0.05, 0.1) is 0 Å². The van der Waals surface area contributed by atoms with Gasteiger partial charge in [-0.2, -0.15) is 0 Å². The van der Waals surface area contributed by atoms with Crippen LogP contribution < -0.4 is 10.6 Å². The summed E-state index contributed by atoms with van der Waals surface area (Å²) in [6.07, 6.45) is 6.44. The fourth-order valence-electron chi connectivity index (χ4n) is 5.32. The monoisotopic (exact) mass is 376 g/mol. The summed E-state index contributed by atoms with van der Waals surface area (Å²) in [7, 11) is 0. The van der Waals surface area contributed by atoms with Crippen LogP contribution in [-0.2, 0) is 13.0 Å². The van der Waals surface area contributed by atoms with E-state index in [4.69, 9.17) is 0 Å². The van der Waals surface area contributed by atoms with Crippen LogP contribution in [0.3, 0.4) is 0 Å². The second-order valence-electron chi connectivity index (χ2n) is 8.67. The van der Waals surface area contributed by atoms with Crippen LogP contribution >= 0.6 is 0 Å². The second kappa shape index (κ2) is 8.38. The van der Waals surface area contributed by atoms with E-state index in [-0.39, 0.29) is 11.9 Å². The first-order chi connectivity index (χ1) is 13.6. The number of anilines is 1. The van der Waals surface area contributed by atoms with Gasteiger partial charge in [-0.25, -0.2) is 0 Å². The molecule has 0 saturated heterocycles. The summed E-state index contributed by atoms with van der Waals surface area (Å²) in [5.74, 6) is 2.47. The van der Waals surface area contributed by atoms with Gasteiger partial charge in [-0.15, -0.1) is 0 Å². The Kier molecular flexibility index (Phi) is 5.70. The van der Waals surface area contributed by atoms with E-state index in [1.807, 2.05) is 18.2 Å². The van der Waals surface area contributed by atoms with Gasteiger partial charge in [-0.1, -0.05) is 43.7 Å². The summed E-state index contributed by atoms with van der Waals surface area (Å²) >= 11 is 0. The van der Waals surface area contributed by atoms with Gasteiger partial charge in [-0.05, 0) is 79.7 Å². The molecule has 0 aliphatic heterocycles. The predicted octanol–water partition coefficient (Wildman–Crippen LogP) is 5.42. The second-order valence-corrected chi connectivity index (χ2v) is 8.67. The Morgan fingerprint density at radius 2 is 1.96 bits per heavy atom. The summed E-state index contributed by atoms with van der Waals surface area (Å²) in [5.41, 5.74) is 4.38. The van der Waals surface area contributed by atoms with Crippen molar-refractivity contribution in [1.82, 2.24) is 5.32 Å². The highest BCUT2D eigenvalue weighted by atomic mass is 16.1. The van der Waals surface area contributed by atoms with Crippen molar-refractivity contribution in [1.29, 1.82) is 0 Å². The fourth-order valence-corrected chi connectivity index (χ4v) is 5.32. The minimum atomic E-state index is 0.0612. The standard InChI is InChI=1S/C25H32N2O/c1-3-20-8-4-5-10-24(20)26-16-19-7-6-9-22(14-19)25(28)27-17(2)23-15-18-11-12-21(23)13-18/h4-10,14,17-18,21,23,26H,3,11-13,15-16H2,1-2H3,(H,27,28). The maximum absolute atomic E-state index is 12.8. The minimum absolute atomic E-state index is 0.0612. The van der Waals surface area contributed by atoms with E-state index in [9.17, 15) is 4.79 Å². The SMILES string of the molecule is CCc1ccccc1NCc1cccc(C(=O)NC(C)C2CC3CCC2C3)c1. The highest BCUT2D eigenvalue weighted by Crippen LogP contribution is 2.49. The van der Waals surface area contributed by atoms with Crippen molar-refractivity contribution in [3.8, 4) is 0 Å². The van der Waals surface area contributed by atoms with Gasteiger partial charge >= 0.3 is 0 Å². The molecule has 2 N–H and O–H groups in total. The molecule has 2 aromatic rings. The molecule has 1 amide bonds. The van der Waals surface area contributed by atoms with Gasteiger partial charge in [0.1, 0.15) is 0 Å². The number of hydrogen-bond acceptors (Lipinski definition) is 2. The molecule has 2 aliphatic rings. The number of fused-ring (bicyclic) bond motifs is 2. The van der Waals surface area contributed by atoms with E-state index >= 15 is 0 Å². The van der Waals surface area contributed by atoms with Gasteiger partial charge in [-0.3, -0.25) is 4.79 Å². The third-order valence-electron chi connectivity index (χ3n) is 6.86. The molecule has 0 aromatic heterocycles. The van der Waals surface area contributed by atoms with Gasteiger partial charge < -0.3 is 10.6 Å². The van der Waals surface area contributed by atoms with Gasteiger partial charge in [0.2, 0.25) is 0 Å². The number of aryl methyl sites for hydroxylation is 1. The lowest BCUT2D eigenvalue weighted by Crippen LogP contribution is -2.40. The number of hydrogen-bond donors (Lipinski definition) is 2. The van der Waals surface area contributed by atoms with Crippen LogP contribution in [0.2, 0.25) is 0 Å². The molecule has 2 aliphatic carbocycles. The first kappa shape index (κ1) is 19.0. The summed E-state index contributed by atoms with van der Waals surface area (Å²) in [4.78, 5) is 12.8. The first-order valence-corrected chi connectivity index (χ1v) is 10.9. The number of rotatable bonds is 7. The van der Waals surface area contributed by atoms with Crippen LogP contribution in [0.25, 0.3) is 0 Å². The summed E-state index contributed by atoms with van der Waals surface area (Å²) in [6, 6.07) is 16.7. The highest BCUT2D eigenvalue weighted by Gasteiger charge is 2.42. The van der Waals surface area contributed by atoms with Crippen molar-refractivity contribution < 1.29 is 4.79 Å². The normalized spacial score (nSPS) is 24.1. The molecule has 2 bridgehead atoms. The molecule has 2 saturated carbocycles. The Morgan fingerprint density at radius 1 is 1.11 bits per heavy atom. The third-order valence-corrected chi connectivity index (χ3v) is 6.86. The molecule has 4 unspecified atom stereocenters. The molecule has 2 fully saturated rings. The van der Waals surface area contributed by atoms with Crippen LogP contribution in [-0.4, -0.2) is 11.9 Å². The summed E-state index contributed by atoms with van der Waals surface area (Å²) in [5, 5.41) is 6.80. The lowest BCUT2D eigenvalue weighted by Gasteiger charge is -2.28. The average Bonchev–Trinajstić information content (AvgIpc) is 3.36. The maximum atomic E-state index is 12.8. The molecule has 3 heteroatoms. The molecule has 4 rings (SSSR count). The number of para-hydroxylation sites is 1. The van der Waals surface area contributed by atoms with Crippen LogP contribution in [0.15, 0.2) is 48.5 Å². The van der Waals surface area contributed by atoms with Gasteiger partial charge in [0, 0.05) is 23.8 Å². The molecule has 3 nitrogen and oxygen atoms in total. The number of amides is 1. The van der Waals surface area contributed by atoms with E-state index in [0.29, 0.717) is 5.92 Å². The molecular weight excluding hydrogens is 344 g/mol. The summed E-state index contributed by atoms with van der Waals surface area (Å²) in [6.45, 7) is 5.08. The number of carbonyl (C=O) groups is 1. The van der Waals surface area contributed by atoms with E-state index in [2.05, 4.69) is 54.8 Å². The Balaban J connectivity index is 1.37. The van der Waals surface area contributed by atoms with Crippen molar-refractivity contribution in [3.05, 3.63) is 65.2 Å². The molecule has 0 heterocycles.